The number of ketones is 1. The molecule has 8 nitrogen and oxygen atoms in total. The van der Waals surface area contributed by atoms with Crippen molar-refractivity contribution in [1.82, 2.24) is 4.57 Å². The Morgan fingerprint density at radius 1 is 1.15 bits per heavy atom. The second kappa shape index (κ2) is 8.61. The van der Waals surface area contributed by atoms with Gasteiger partial charge in [0.25, 0.3) is 16.0 Å². The van der Waals surface area contributed by atoms with Gasteiger partial charge in [0.05, 0.1) is 17.9 Å². The molecule has 33 heavy (non-hydrogen) atoms. The van der Waals surface area contributed by atoms with Gasteiger partial charge in [-0.15, -0.1) is 0 Å². The maximum absolute atomic E-state index is 12.6. The molecule has 1 heterocycles. The number of nitrogens with one attached hydrogen (secondary N) is 1. The molecule has 0 aliphatic heterocycles. The normalized spacial score (nSPS) is 22.6. The summed E-state index contributed by atoms with van der Waals surface area (Å²) in [5.74, 6) is -0.371. The maximum Gasteiger partial charge on any atom is 0.264 e. The number of carbonyl (C=O) groups excluding carboxylic acids is 2. The van der Waals surface area contributed by atoms with Crippen molar-refractivity contribution in [2.24, 2.45) is 11.1 Å². The lowest BCUT2D eigenvalue weighted by atomic mass is 9.76. The predicted molar refractivity (Wildman–Crippen MR) is 126 cm³/mol. The van der Waals surface area contributed by atoms with Crippen LogP contribution in [0, 0.1) is 5.41 Å². The number of aromatic nitrogens is 1. The lowest BCUT2D eigenvalue weighted by Crippen LogP contribution is -2.31. The van der Waals surface area contributed by atoms with Crippen molar-refractivity contribution >= 4 is 27.5 Å². The molecule has 0 saturated heterocycles. The molecule has 0 atom stereocenters. The molecule has 2 aliphatic carbocycles. The first-order valence-corrected chi connectivity index (χ1v) is 13.1. The molecule has 0 bridgehead atoms. The minimum atomic E-state index is -3.48. The average Bonchev–Trinajstić information content (AvgIpc) is 3.11. The summed E-state index contributed by atoms with van der Waals surface area (Å²) in [5, 5.41) is 3.44. The second-order valence-corrected chi connectivity index (χ2v) is 11.6. The van der Waals surface area contributed by atoms with Gasteiger partial charge in [-0.05, 0) is 61.8 Å². The molecule has 0 radical (unpaired) electrons. The van der Waals surface area contributed by atoms with Crippen LogP contribution in [0.1, 0.15) is 72.4 Å². The molecule has 1 fully saturated rings. The molecule has 0 unspecified atom stereocenters. The molecular formula is C24H31N3O5S. The van der Waals surface area contributed by atoms with Gasteiger partial charge in [-0.2, -0.15) is 8.42 Å². The van der Waals surface area contributed by atoms with Gasteiger partial charge < -0.3 is 15.6 Å². The number of hydrogen-bond acceptors (Lipinski definition) is 6. The van der Waals surface area contributed by atoms with Crippen LogP contribution < -0.4 is 11.1 Å². The van der Waals surface area contributed by atoms with Crippen LogP contribution in [-0.4, -0.2) is 43.1 Å². The summed E-state index contributed by atoms with van der Waals surface area (Å²) in [6.45, 7) is 4.19. The zero-order valence-corrected chi connectivity index (χ0v) is 20.1. The lowest BCUT2D eigenvalue weighted by molar-refractivity contribution is 0.0910. The van der Waals surface area contributed by atoms with Crippen LogP contribution in [0.3, 0.4) is 0 Å². The van der Waals surface area contributed by atoms with Crippen LogP contribution in [-0.2, 0) is 20.7 Å². The van der Waals surface area contributed by atoms with Crippen molar-refractivity contribution < 1.29 is 22.2 Å². The predicted octanol–water partition coefficient (Wildman–Crippen LogP) is 3.43. The van der Waals surface area contributed by atoms with Crippen LogP contribution >= 0.6 is 0 Å². The third-order valence-electron chi connectivity index (χ3n) is 6.47. The van der Waals surface area contributed by atoms with Crippen LogP contribution in [0.25, 0.3) is 5.69 Å². The largest absolute Gasteiger partial charge is 0.382 e. The minimum Gasteiger partial charge on any atom is -0.382 e. The number of hydrogen-bond donors (Lipinski definition) is 2. The van der Waals surface area contributed by atoms with E-state index in [2.05, 4.69) is 19.2 Å². The Morgan fingerprint density at radius 3 is 2.48 bits per heavy atom. The average molecular weight is 474 g/mol. The summed E-state index contributed by atoms with van der Waals surface area (Å²) < 4.78 is 29.9. The van der Waals surface area contributed by atoms with Gasteiger partial charge in [0.1, 0.15) is 0 Å². The number of primary amides is 1. The van der Waals surface area contributed by atoms with Gasteiger partial charge in [0.15, 0.2) is 5.78 Å². The van der Waals surface area contributed by atoms with Gasteiger partial charge in [-0.25, -0.2) is 0 Å². The summed E-state index contributed by atoms with van der Waals surface area (Å²) >= 11 is 0. The Kier molecular flexibility index (Phi) is 6.13. The molecule has 2 aromatic rings. The SMILES string of the molecule is CC1(C)CC(=O)c2ccn(-c3ccc(C(N)=O)c(NC4CCC(OS(C)(=O)=O)CC4)c3)c2C1. The number of benzene rings is 1. The fraction of sp³-hybridized carbons (Fsp3) is 0.500. The highest BCUT2D eigenvalue weighted by Gasteiger charge is 2.33. The summed E-state index contributed by atoms with van der Waals surface area (Å²) in [7, 11) is -3.48. The molecule has 1 aromatic carbocycles. The number of carbonyl (C=O) groups is 2. The Morgan fingerprint density at radius 2 is 1.85 bits per heavy atom. The van der Waals surface area contributed by atoms with E-state index in [-0.39, 0.29) is 23.3 Å². The lowest BCUT2D eigenvalue weighted by Gasteiger charge is -2.30. The second-order valence-electron chi connectivity index (χ2n) is 10.00. The number of amides is 1. The standard InChI is InChI=1S/C24H31N3O5S/c1-24(2)13-21-19(22(28)14-24)10-11-27(21)16-6-9-18(23(25)29)20(12-16)26-15-4-7-17(8-5-15)32-33(3,30)31/h6,9-12,15,17,26H,4-5,7-8,13-14H2,1-3H3,(H2,25,29). The summed E-state index contributed by atoms with van der Waals surface area (Å²) in [6.07, 6.45) is 6.62. The first-order valence-electron chi connectivity index (χ1n) is 11.2. The topological polar surface area (TPSA) is 120 Å². The number of fused-ring (bicyclic) bond motifs is 1. The molecule has 2 aliphatic rings. The minimum absolute atomic E-state index is 0.0665. The third kappa shape index (κ3) is 5.30. The molecule has 4 rings (SSSR count). The number of Topliss-reactive ketones (excluding diaryl/α,β-unsaturated/α-hetero) is 1. The van der Waals surface area contributed by atoms with Gasteiger partial charge in [-0.3, -0.25) is 13.8 Å². The number of rotatable bonds is 6. The molecular weight excluding hydrogens is 442 g/mol. The van der Waals surface area contributed by atoms with E-state index < -0.39 is 16.0 Å². The highest BCUT2D eigenvalue weighted by atomic mass is 32.2. The summed E-state index contributed by atoms with van der Waals surface area (Å²) in [6, 6.07) is 7.38. The number of nitrogens with zero attached hydrogens (tertiary/aromatic N) is 1. The van der Waals surface area contributed by atoms with E-state index in [0.717, 1.165) is 29.6 Å². The smallest absolute Gasteiger partial charge is 0.264 e. The van der Waals surface area contributed by atoms with Crippen molar-refractivity contribution in [3.05, 3.63) is 47.3 Å². The van der Waals surface area contributed by atoms with Crippen molar-refractivity contribution in [2.75, 3.05) is 11.6 Å². The van der Waals surface area contributed by atoms with Crippen molar-refractivity contribution in [3.8, 4) is 5.69 Å². The zero-order valence-electron chi connectivity index (χ0n) is 19.3. The molecule has 9 heteroatoms. The summed E-state index contributed by atoms with van der Waals surface area (Å²) in [5.41, 5.74) is 9.13. The van der Waals surface area contributed by atoms with Crippen LogP contribution in [0.4, 0.5) is 5.69 Å². The Bertz CT molecular complexity index is 1190. The molecule has 0 spiro atoms. The highest BCUT2D eigenvalue weighted by molar-refractivity contribution is 7.86. The van der Waals surface area contributed by atoms with E-state index in [1.54, 1.807) is 6.07 Å². The molecule has 1 amide bonds. The van der Waals surface area contributed by atoms with E-state index in [0.29, 0.717) is 43.4 Å². The van der Waals surface area contributed by atoms with E-state index in [1.807, 2.05) is 29.0 Å². The maximum atomic E-state index is 12.6. The van der Waals surface area contributed by atoms with E-state index >= 15 is 0 Å². The van der Waals surface area contributed by atoms with E-state index in [9.17, 15) is 18.0 Å². The van der Waals surface area contributed by atoms with E-state index in [1.165, 1.54) is 0 Å². The first-order chi connectivity index (χ1) is 15.4. The van der Waals surface area contributed by atoms with Crippen molar-refractivity contribution in [3.63, 3.8) is 0 Å². The number of anilines is 1. The highest BCUT2D eigenvalue weighted by Crippen LogP contribution is 2.37. The third-order valence-corrected chi connectivity index (χ3v) is 7.09. The van der Waals surface area contributed by atoms with Gasteiger partial charge in [-0.1, -0.05) is 13.8 Å². The van der Waals surface area contributed by atoms with E-state index in [4.69, 9.17) is 9.92 Å². The Labute approximate surface area is 194 Å². The fourth-order valence-electron chi connectivity index (χ4n) is 4.97. The van der Waals surface area contributed by atoms with Gasteiger partial charge in [0.2, 0.25) is 0 Å². The van der Waals surface area contributed by atoms with Gasteiger partial charge in [0, 0.05) is 41.3 Å². The van der Waals surface area contributed by atoms with Crippen molar-refractivity contribution in [1.29, 1.82) is 0 Å². The van der Waals surface area contributed by atoms with Gasteiger partial charge >= 0.3 is 0 Å². The van der Waals surface area contributed by atoms with Crippen LogP contribution in [0.2, 0.25) is 0 Å². The summed E-state index contributed by atoms with van der Waals surface area (Å²) in [4.78, 5) is 24.7. The molecule has 1 aromatic heterocycles. The van der Waals surface area contributed by atoms with Crippen molar-refractivity contribution in [2.45, 2.75) is 64.5 Å². The Balaban J connectivity index is 1.58. The van der Waals surface area contributed by atoms with Crippen LogP contribution in [0.15, 0.2) is 30.5 Å². The molecule has 3 N–H and O–H groups in total. The first kappa shape index (κ1) is 23.5. The quantitative estimate of drug-likeness (QED) is 0.620. The Hall–Kier alpha value is -2.65. The molecule has 178 valence electrons. The molecule has 1 saturated carbocycles. The monoisotopic (exact) mass is 473 g/mol. The fourth-order valence-corrected chi connectivity index (χ4v) is 5.66. The van der Waals surface area contributed by atoms with Crippen LogP contribution in [0.5, 0.6) is 0 Å². The zero-order chi connectivity index (χ0) is 24.0. The number of nitrogens with two attached hydrogens (primary N) is 1.